The first-order valence-corrected chi connectivity index (χ1v) is 8.49. The summed E-state index contributed by atoms with van der Waals surface area (Å²) in [4.78, 5) is 6.24. The maximum Gasteiger partial charge on any atom is 0.0364 e. The summed E-state index contributed by atoms with van der Waals surface area (Å²) in [5, 5.41) is 0. The van der Waals surface area contributed by atoms with E-state index in [1.807, 2.05) is 12.1 Å². The number of anilines is 1. The topological polar surface area (TPSA) is 16.1 Å². The third-order valence-electron chi connectivity index (χ3n) is 3.03. The molecule has 20 heavy (non-hydrogen) atoms. The van der Waals surface area contributed by atoms with Gasteiger partial charge in [0.15, 0.2) is 0 Å². The molecule has 0 bridgehead atoms. The van der Waals surface area contributed by atoms with Gasteiger partial charge in [0.05, 0.1) is 0 Å². The molecule has 0 aliphatic heterocycles. The van der Waals surface area contributed by atoms with Gasteiger partial charge in [-0.2, -0.15) is 0 Å². The van der Waals surface area contributed by atoms with E-state index in [4.69, 9.17) is 0 Å². The normalized spacial score (nSPS) is 10.9. The molecule has 1 aromatic heterocycles. The quantitative estimate of drug-likeness (QED) is 0.634. The van der Waals surface area contributed by atoms with Crippen molar-refractivity contribution in [2.24, 2.45) is 0 Å². The molecule has 0 N–H and O–H groups in total. The lowest BCUT2D eigenvalue weighted by atomic mass is 10.1. The van der Waals surface area contributed by atoms with Crippen molar-refractivity contribution in [1.29, 1.82) is 0 Å². The highest BCUT2D eigenvalue weighted by molar-refractivity contribution is 8.68. The Morgan fingerprint density at radius 2 is 1.65 bits per heavy atom. The molecule has 0 atom stereocenters. The van der Waals surface area contributed by atoms with Crippen molar-refractivity contribution in [2.45, 2.75) is 0 Å². The van der Waals surface area contributed by atoms with E-state index in [1.54, 1.807) is 23.2 Å². The molecule has 2 aromatic rings. The standard InChI is InChI=1S/C16H18N2S2/c1-18(12-13-20-19)16-6-4-14(5-7-16)2-3-15-8-10-17-11-9-15/h2-11,19H,12-13H2,1H3/b3-2+. The van der Waals surface area contributed by atoms with Crippen molar-refractivity contribution in [3.8, 4) is 0 Å². The van der Waals surface area contributed by atoms with Crippen molar-refractivity contribution in [3.05, 3.63) is 59.9 Å². The van der Waals surface area contributed by atoms with Crippen LogP contribution in [-0.2, 0) is 0 Å². The molecule has 0 unspecified atom stereocenters. The number of pyridine rings is 1. The van der Waals surface area contributed by atoms with Crippen LogP contribution in [-0.4, -0.2) is 24.3 Å². The van der Waals surface area contributed by atoms with Crippen molar-refractivity contribution in [3.63, 3.8) is 0 Å². The molecule has 0 saturated heterocycles. The Morgan fingerprint density at radius 3 is 2.25 bits per heavy atom. The number of rotatable bonds is 6. The van der Waals surface area contributed by atoms with Gasteiger partial charge in [-0.05, 0) is 35.4 Å². The first-order valence-electron chi connectivity index (χ1n) is 6.45. The maximum absolute atomic E-state index is 4.16. The van der Waals surface area contributed by atoms with Crippen molar-refractivity contribution in [2.75, 3.05) is 24.2 Å². The summed E-state index contributed by atoms with van der Waals surface area (Å²) in [6.45, 7) is 1.00. The van der Waals surface area contributed by atoms with Crippen LogP contribution in [0, 0.1) is 0 Å². The highest BCUT2D eigenvalue weighted by Crippen LogP contribution is 2.16. The van der Waals surface area contributed by atoms with E-state index in [2.05, 4.69) is 65.0 Å². The van der Waals surface area contributed by atoms with Crippen LogP contribution in [0.15, 0.2) is 48.8 Å². The van der Waals surface area contributed by atoms with E-state index in [-0.39, 0.29) is 0 Å². The summed E-state index contributed by atoms with van der Waals surface area (Å²) in [5.74, 6) is 1.02. The summed E-state index contributed by atoms with van der Waals surface area (Å²) in [6.07, 6.45) is 7.81. The lowest BCUT2D eigenvalue weighted by Crippen LogP contribution is -2.19. The molecule has 2 nitrogen and oxygen atoms in total. The van der Waals surface area contributed by atoms with Crippen LogP contribution in [0.2, 0.25) is 0 Å². The van der Waals surface area contributed by atoms with E-state index in [0.717, 1.165) is 17.9 Å². The molecule has 0 aliphatic rings. The molecule has 2 rings (SSSR count). The fourth-order valence-corrected chi connectivity index (χ4v) is 2.41. The van der Waals surface area contributed by atoms with Crippen LogP contribution in [0.4, 0.5) is 5.69 Å². The molecule has 0 radical (unpaired) electrons. The highest BCUT2D eigenvalue weighted by Gasteiger charge is 1.99. The summed E-state index contributed by atoms with van der Waals surface area (Å²) >= 11 is 4.16. The Labute approximate surface area is 129 Å². The third-order valence-corrected chi connectivity index (χ3v) is 3.94. The number of benzene rings is 1. The lowest BCUT2D eigenvalue weighted by Gasteiger charge is -2.18. The van der Waals surface area contributed by atoms with Gasteiger partial charge in [-0.15, -0.1) is 11.7 Å². The average Bonchev–Trinajstić information content (AvgIpc) is 2.52. The summed E-state index contributed by atoms with van der Waals surface area (Å²) in [5.41, 5.74) is 3.59. The summed E-state index contributed by atoms with van der Waals surface area (Å²) in [6, 6.07) is 12.6. The van der Waals surface area contributed by atoms with Crippen molar-refractivity contribution in [1.82, 2.24) is 4.98 Å². The molecule has 0 fully saturated rings. The number of hydrogen-bond donors (Lipinski definition) is 1. The summed E-state index contributed by atoms with van der Waals surface area (Å²) < 4.78 is 0. The Bertz CT molecular complexity index is 538. The van der Waals surface area contributed by atoms with Gasteiger partial charge in [-0.25, -0.2) is 0 Å². The van der Waals surface area contributed by atoms with Crippen molar-refractivity contribution >= 4 is 40.3 Å². The average molecular weight is 302 g/mol. The third kappa shape index (κ3) is 4.62. The predicted molar refractivity (Wildman–Crippen MR) is 94.3 cm³/mol. The fraction of sp³-hybridized carbons (Fsp3) is 0.188. The summed E-state index contributed by atoms with van der Waals surface area (Å²) in [7, 11) is 3.67. The SMILES string of the molecule is CN(CCSS)c1ccc(/C=C/c2ccncc2)cc1. The molecule has 1 aromatic carbocycles. The van der Waals surface area contributed by atoms with Gasteiger partial charge in [-0.1, -0.05) is 35.1 Å². The van der Waals surface area contributed by atoms with Crippen LogP contribution < -0.4 is 4.90 Å². The highest BCUT2D eigenvalue weighted by atomic mass is 33.1. The van der Waals surface area contributed by atoms with Gasteiger partial charge in [0.2, 0.25) is 0 Å². The minimum Gasteiger partial charge on any atom is -0.374 e. The molecule has 104 valence electrons. The Kier molecular flexibility index (Phi) is 6.02. The van der Waals surface area contributed by atoms with Crippen molar-refractivity contribution < 1.29 is 0 Å². The minimum atomic E-state index is 1.00. The number of thiol groups is 1. The van der Waals surface area contributed by atoms with Gasteiger partial charge < -0.3 is 4.90 Å². The zero-order valence-corrected chi connectivity index (χ0v) is 13.1. The van der Waals surface area contributed by atoms with Crippen LogP contribution in [0.3, 0.4) is 0 Å². The monoisotopic (exact) mass is 302 g/mol. The molecule has 1 heterocycles. The van der Waals surface area contributed by atoms with Gasteiger partial charge in [0.1, 0.15) is 0 Å². The predicted octanol–water partition coefficient (Wildman–Crippen LogP) is 4.27. The van der Waals surface area contributed by atoms with Gasteiger partial charge >= 0.3 is 0 Å². The van der Waals surface area contributed by atoms with E-state index in [9.17, 15) is 0 Å². The first kappa shape index (κ1) is 15.0. The zero-order chi connectivity index (χ0) is 14.2. The van der Waals surface area contributed by atoms with Crippen LogP contribution in [0.25, 0.3) is 12.2 Å². The molecule has 0 amide bonds. The molecule has 0 saturated carbocycles. The molecule has 0 aliphatic carbocycles. The zero-order valence-electron chi connectivity index (χ0n) is 11.4. The molecular formula is C16H18N2S2. The first-order chi connectivity index (χ1) is 9.79. The maximum atomic E-state index is 4.16. The lowest BCUT2D eigenvalue weighted by molar-refractivity contribution is 0.979. The minimum absolute atomic E-state index is 1.00. The van der Waals surface area contributed by atoms with Crippen LogP contribution in [0.1, 0.15) is 11.1 Å². The van der Waals surface area contributed by atoms with Gasteiger partial charge in [0, 0.05) is 37.4 Å². The Morgan fingerprint density at radius 1 is 1.05 bits per heavy atom. The second-order valence-electron chi connectivity index (χ2n) is 4.46. The molecule has 0 spiro atoms. The molecule has 4 heteroatoms. The van der Waals surface area contributed by atoms with E-state index < -0.39 is 0 Å². The van der Waals surface area contributed by atoms with Gasteiger partial charge in [-0.3, -0.25) is 4.98 Å². The van der Waals surface area contributed by atoms with Gasteiger partial charge in [0.25, 0.3) is 0 Å². The second kappa shape index (κ2) is 8.02. The number of hydrogen-bond acceptors (Lipinski definition) is 4. The molecular weight excluding hydrogens is 284 g/mol. The van der Waals surface area contributed by atoms with E-state index in [0.29, 0.717) is 0 Å². The number of aromatic nitrogens is 1. The Balaban J connectivity index is 1.99. The second-order valence-corrected chi connectivity index (χ2v) is 5.90. The van der Waals surface area contributed by atoms with Crippen LogP contribution in [0.5, 0.6) is 0 Å². The van der Waals surface area contributed by atoms with Crippen LogP contribution >= 0.6 is 22.5 Å². The fourth-order valence-electron chi connectivity index (χ4n) is 1.81. The largest absolute Gasteiger partial charge is 0.374 e. The Hall–Kier alpha value is -1.39. The smallest absolute Gasteiger partial charge is 0.0364 e. The van der Waals surface area contributed by atoms with E-state index in [1.165, 1.54) is 11.3 Å². The number of nitrogens with zero attached hydrogens (tertiary/aromatic N) is 2. The van der Waals surface area contributed by atoms with E-state index >= 15 is 0 Å².